The Labute approximate surface area is 166 Å². The lowest BCUT2D eigenvalue weighted by Crippen LogP contribution is -2.46. The zero-order valence-electron chi connectivity index (χ0n) is 16.6. The van der Waals surface area contributed by atoms with Gasteiger partial charge in [-0.05, 0) is 38.3 Å². The van der Waals surface area contributed by atoms with E-state index in [1.54, 1.807) is 20.8 Å². The summed E-state index contributed by atoms with van der Waals surface area (Å²) in [6.07, 6.45) is -0.500. The fourth-order valence-corrected chi connectivity index (χ4v) is 2.53. The number of benzene rings is 2. The molecule has 0 aliphatic carbocycles. The summed E-state index contributed by atoms with van der Waals surface area (Å²) in [5.74, 6) is 0. The Kier molecular flexibility index (Phi) is 7.87. The van der Waals surface area contributed by atoms with Gasteiger partial charge in [0.15, 0.2) is 0 Å². The summed E-state index contributed by atoms with van der Waals surface area (Å²) < 4.78 is 10.5. The molecule has 2 aromatic rings. The highest BCUT2D eigenvalue weighted by molar-refractivity contribution is 5.69. The number of nitrogens with one attached hydrogen (secondary N) is 2. The van der Waals surface area contributed by atoms with Crippen LogP contribution in [0.1, 0.15) is 31.9 Å². The van der Waals surface area contributed by atoms with Crippen molar-refractivity contribution in [3.63, 3.8) is 0 Å². The Morgan fingerprint density at radius 2 is 1.46 bits per heavy atom. The lowest BCUT2D eigenvalue weighted by Gasteiger charge is -2.24. The van der Waals surface area contributed by atoms with Crippen LogP contribution < -0.4 is 10.6 Å². The van der Waals surface area contributed by atoms with Gasteiger partial charge in [0.25, 0.3) is 0 Å². The topological polar surface area (TPSA) is 76.7 Å². The van der Waals surface area contributed by atoms with E-state index in [9.17, 15) is 9.59 Å². The van der Waals surface area contributed by atoms with Crippen LogP contribution >= 0.6 is 0 Å². The van der Waals surface area contributed by atoms with E-state index in [-0.39, 0.29) is 19.2 Å². The zero-order valence-corrected chi connectivity index (χ0v) is 16.6. The van der Waals surface area contributed by atoms with Gasteiger partial charge in [0.2, 0.25) is 0 Å². The molecule has 2 amide bonds. The van der Waals surface area contributed by atoms with E-state index in [1.807, 2.05) is 60.7 Å². The highest BCUT2D eigenvalue weighted by Gasteiger charge is 2.20. The molecular formula is C22H28N2O4. The summed E-state index contributed by atoms with van der Waals surface area (Å²) in [7, 11) is 0. The first-order chi connectivity index (χ1) is 13.3. The number of carbonyl (C=O) groups excluding carboxylic acids is 2. The van der Waals surface area contributed by atoms with E-state index in [0.29, 0.717) is 6.42 Å². The normalized spacial score (nSPS) is 12.0. The van der Waals surface area contributed by atoms with Gasteiger partial charge in [-0.2, -0.15) is 0 Å². The standard InChI is InChI=1S/C22H28N2O4/c1-22(2,3)28-21(26)24-19(14-17-10-6-4-7-11-17)15-23-20(25)27-16-18-12-8-5-9-13-18/h4-13,19H,14-16H2,1-3H3,(H,23,25)(H,24,26)/t19-/m0/s1. The van der Waals surface area contributed by atoms with Gasteiger partial charge >= 0.3 is 12.2 Å². The second-order valence-electron chi connectivity index (χ2n) is 7.48. The third-order valence-electron chi connectivity index (χ3n) is 3.75. The van der Waals surface area contributed by atoms with Crippen molar-refractivity contribution in [2.24, 2.45) is 0 Å². The van der Waals surface area contributed by atoms with Crippen molar-refractivity contribution < 1.29 is 19.1 Å². The van der Waals surface area contributed by atoms with Gasteiger partial charge < -0.3 is 20.1 Å². The number of hydrogen-bond donors (Lipinski definition) is 2. The molecule has 2 rings (SSSR count). The van der Waals surface area contributed by atoms with Gasteiger partial charge in [0, 0.05) is 6.54 Å². The summed E-state index contributed by atoms with van der Waals surface area (Å²) in [4.78, 5) is 24.1. The lowest BCUT2D eigenvalue weighted by atomic mass is 10.1. The number of rotatable bonds is 7. The Balaban J connectivity index is 1.88. The Hall–Kier alpha value is -3.02. The van der Waals surface area contributed by atoms with Gasteiger partial charge in [-0.3, -0.25) is 0 Å². The largest absolute Gasteiger partial charge is 0.445 e. The third kappa shape index (κ3) is 8.58. The maximum atomic E-state index is 12.1. The smallest absolute Gasteiger partial charge is 0.407 e. The molecule has 0 fully saturated rings. The fourth-order valence-electron chi connectivity index (χ4n) is 2.53. The van der Waals surface area contributed by atoms with Gasteiger partial charge in [-0.15, -0.1) is 0 Å². The van der Waals surface area contributed by atoms with Crippen LogP contribution in [0.2, 0.25) is 0 Å². The van der Waals surface area contributed by atoms with Crippen LogP contribution in [0.15, 0.2) is 60.7 Å². The van der Waals surface area contributed by atoms with E-state index >= 15 is 0 Å². The first-order valence-electron chi connectivity index (χ1n) is 9.30. The van der Waals surface area contributed by atoms with Crippen LogP contribution in [0.3, 0.4) is 0 Å². The number of alkyl carbamates (subject to hydrolysis) is 2. The highest BCUT2D eigenvalue weighted by Crippen LogP contribution is 2.08. The molecule has 2 aromatic carbocycles. The van der Waals surface area contributed by atoms with Crippen LogP contribution in [0.5, 0.6) is 0 Å². The highest BCUT2D eigenvalue weighted by atomic mass is 16.6. The second-order valence-corrected chi connectivity index (χ2v) is 7.48. The summed E-state index contributed by atoms with van der Waals surface area (Å²) in [6.45, 7) is 5.82. The Morgan fingerprint density at radius 1 is 0.893 bits per heavy atom. The predicted molar refractivity (Wildman–Crippen MR) is 108 cm³/mol. The Bertz CT molecular complexity index is 742. The molecular weight excluding hydrogens is 356 g/mol. The minimum absolute atomic E-state index is 0.190. The monoisotopic (exact) mass is 384 g/mol. The van der Waals surface area contributed by atoms with Crippen molar-refractivity contribution in [3.8, 4) is 0 Å². The van der Waals surface area contributed by atoms with Crippen LogP contribution in [0, 0.1) is 0 Å². The molecule has 6 heteroatoms. The first-order valence-corrected chi connectivity index (χ1v) is 9.30. The Morgan fingerprint density at radius 3 is 2.04 bits per heavy atom. The van der Waals surface area contributed by atoms with Crippen molar-refractivity contribution in [2.75, 3.05) is 6.54 Å². The van der Waals surface area contributed by atoms with Crippen molar-refractivity contribution in [2.45, 2.75) is 45.4 Å². The second kappa shape index (κ2) is 10.3. The molecule has 0 spiro atoms. The molecule has 0 saturated carbocycles. The minimum atomic E-state index is -0.594. The molecule has 0 unspecified atom stereocenters. The maximum Gasteiger partial charge on any atom is 0.407 e. The summed E-state index contributed by atoms with van der Waals surface area (Å²) in [6, 6.07) is 18.8. The number of ether oxygens (including phenoxy) is 2. The molecule has 0 aliphatic rings. The van der Waals surface area contributed by atoms with Crippen LogP contribution in [0.25, 0.3) is 0 Å². The molecule has 150 valence electrons. The molecule has 0 aliphatic heterocycles. The molecule has 0 bridgehead atoms. The number of hydrogen-bond acceptors (Lipinski definition) is 4. The number of carbonyl (C=O) groups is 2. The molecule has 0 radical (unpaired) electrons. The van der Waals surface area contributed by atoms with E-state index in [0.717, 1.165) is 11.1 Å². The SMILES string of the molecule is CC(C)(C)OC(=O)N[C@H](CNC(=O)OCc1ccccc1)Cc1ccccc1. The minimum Gasteiger partial charge on any atom is -0.445 e. The van der Waals surface area contributed by atoms with Crippen LogP contribution in [0.4, 0.5) is 9.59 Å². The molecule has 28 heavy (non-hydrogen) atoms. The maximum absolute atomic E-state index is 12.1. The number of amides is 2. The lowest BCUT2D eigenvalue weighted by molar-refractivity contribution is 0.0502. The quantitative estimate of drug-likeness (QED) is 0.755. The molecule has 0 heterocycles. The molecule has 2 N–H and O–H groups in total. The van der Waals surface area contributed by atoms with Gasteiger partial charge in [0.1, 0.15) is 12.2 Å². The van der Waals surface area contributed by atoms with E-state index < -0.39 is 17.8 Å². The van der Waals surface area contributed by atoms with Crippen LogP contribution in [-0.2, 0) is 22.5 Å². The molecule has 6 nitrogen and oxygen atoms in total. The van der Waals surface area contributed by atoms with E-state index in [4.69, 9.17) is 9.47 Å². The van der Waals surface area contributed by atoms with Gasteiger partial charge in [0.05, 0.1) is 6.04 Å². The molecule has 0 saturated heterocycles. The van der Waals surface area contributed by atoms with Crippen molar-refractivity contribution in [3.05, 3.63) is 71.8 Å². The molecule has 0 aromatic heterocycles. The zero-order chi connectivity index (χ0) is 20.4. The third-order valence-corrected chi connectivity index (χ3v) is 3.75. The van der Waals surface area contributed by atoms with E-state index in [1.165, 1.54) is 0 Å². The predicted octanol–water partition coefficient (Wildman–Crippen LogP) is 4.05. The van der Waals surface area contributed by atoms with Crippen LogP contribution in [-0.4, -0.2) is 30.4 Å². The summed E-state index contributed by atoms with van der Waals surface area (Å²) in [5.41, 5.74) is 1.36. The first kappa shape index (κ1) is 21.3. The summed E-state index contributed by atoms with van der Waals surface area (Å²) >= 11 is 0. The average molecular weight is 384 g/mol. The van der Waals surface area contributed by atoms with Crippen molar-refractivity contribution in [1.29, 1.82) is 0 Å². The van der Waals surface area contributed by atoms with Crippen molar-refractivity contribution in [1.82, 2.24) is 10.6 Å². The average Bonchev–Trinajstić information content (AvgIpc) is 2.64. The van der Waals surface area contributed by atoms with Gasteiger partial charge in [-0.1, -0.05) is 60.7 Å². The summed E-state index contributed by atoms with van der Waals surface area (Å²) in [5, 5.41) is 5.53. The molecule has 1 atom stereocenters. The van der Waals surface area contributed by atoms with Crippen molar-refractivity contribution >= 4 is 12.2 Å². The fraction of sp³-hybridized carbons (Fsp3) is 0.364. The van der Waals surface area contributed by atoms with Gasteiger partial charge in [-0.25, -0.2) is 9.59 Å². The van der Waals surface area contributed by atoms with E-state index in [2.05, 4.69) is 10.6 Å².